The van der Waals surface area contributed by atoms with Gasteiger partial charge in [-0.25, -0.2) is 9.37 Å². The number of piperazine rings is 1. The Bertz CT molecular complexity index is 1380. The molecule has 4 rings (SSSR count). The lowest BCUT2D eigenvalue weighted by molar-refractivity contribution is -0.106. The van der Waals surface area contributed by atoms with Gasteiger partial charge in [-0.2, -0.15) is 0 Å². The van der Waals surface area contributed by atoms with E-state index in [9.17, 15) is 9.18 Å². The zero-order chi connectivity index (χ0) is 28.4. The number of amidine groups is 1. The first-order chi connectivity index (χ1) is 18.6. The summed E-state index contributed by atoms with van der Waals surface area (Å²) in [6, 6.07) is 10.3. The molecule has 0 aliphatic carbocycles. The third kappa shape index (κ3) is 5.54. The number of hydrogen-bond donors (Lipinski definition) is 0. The summed E-state index contributed by atoms with van der Waals surface area (Å²) < 4.78 is 15.0. The van der Waals surface area contributed by atoms with E-state index in [1.165, 1.54) is 11.0 Å². The molecule has 206 valence electrons. The van der Waals surface area contributed by atoms with Crippen LogP contribution in [-0.2, 0) is 4.79 Å². The molecule has 0 radical (unpaired) electrons. The number of rotatable bonds is 6. The van der Waals surface area contributed by atoms with Crippen molar-refractivity contribution in [1.82, 2.24) is 19.8 Å². The summed E-state index contributed by atoms with van der Waals surface area (Å²) in [6.45, 7) is 12.0. The van der Waals surface area contributed by atoms with Gasteiger partial charge in [0.2, 0.25) is 6.41 Å². The highest BCUT2D eigenvalue weighted by Crippen LogP contribution is 2.39. The van der Waals surface area contributed by atoms with E-state index in [0.717, 1.165) is 30.8 Å². The number of anilines is 2. The van der Waals surface area contributed by atoms with Crippen LogP contribution in [0.1, 0.15) is 50.4 Å². The highest BCUT2D eigenvalue weighted by molar-refractivity contribution is 6.33. The van der Waals surface area contributed by atoms with Gasteiger partial charge in [0.15, 0.2) is 5.82 Å². The number of aromatic nitrogens is 2. The molecule has 9 heteroatoms. The third-order valence-corrected chi connectivity index (χ3v) is 7.45. The quantitative estimate of drug-likeness (QED) is 0.212. The Morgan fingerprint density at radius 1 is 1.21 bits per heavy atom. The van der Waals surface area contributed by atoms with E-state index in [0.29, 0.717) is 22.9 Å². The largest absolute Gasteiger partial charge is 0.348 e. The fourth-order valence-corrected chi connectivity index (χ4v) is 5.82. The van der Waals surface area contributed by atoms with E-state index >= 15 is 0 Å². The van der Waals surface area contributed by atoms with Gasteiger partial charge in [-0.15, -0.1) is 0 Å². The average molecular weight is 551 g/mol. The minimum absolute atomic E-state index is 0.0427. The molecule has 2 unspecified atom stereocenters. The molecule has 39 heavy (non-hydrogen) atoms. The maximum absolute atomic E-state index is 15.0. The van der Waals surface area contributed by atoms with Crippen molar-refractivity contribution in [2.24, 2.45) is 4.99 Å². The first-order valence-corrected chi connectivity index (χ1v) is 13.6. The number of aliphatic imine (C=N–C) groups is 1. The lowest BCUT2D eigenvalue weighted by Gasteiger charge is -2.45. The zero-order valence-corrected chi connectivity index (χ0v) is 24.4. The molecule has 1 amide bonds. The van der Waals surface area contributed by atoms with Crippen LogP contribution in [0.15, 0.2) is 47.6 Å². The van der Waals surface area contributed by atoms with Crippen molar-refractivity contribution in [3.63, 3.8) is 0 Å². The van der Waals surface area contributed by atoms with Gasteiger partial charge in [-0.05, 0) is 63.6 Å². The summed E-state index contributed by atoms with van der Waals surface area (Å²) in [6.07, 6.45) is 2.48. The van der Waals surface area contributed by atoms with Crippen LogP contribution in [-0.4, -0.2) is 71.3 Å². The standard InChI is InChI=1S/C30H36ClFN6O/c1-18(2)26-28(19(3)12-13-34-26)37(17-39)30-23(29(33-6)38-20(4)15-36(7)16-21(38)5)14-24(31)27(35-30)22-10-8-9-11-25(22)32/h8-14,17-18,20-21H,15-16H2,1-7H3/b33-29+. The number of pyridine rings is 2. The highest BCUT2D eigenvalue weighted by Gasteiger charge is 2.34. The van der Waals surface area contributed by atoms with E-state index in [1.807, 2.05) is 26.8 Å². The van der Waals surface area contributed by atoms with Crippen LogP contribution >= 0.6 is 11.6 Å². The van der Waals surface area contributed by atoms with Crippen molar-refractivity contribution in [2.45, 2.75) is 52.6 Å². The second-order valence-corrected chi connectivity index (χ2v) is 10.9. The number of halogens is 2. The van der Waals surface area contributed by atoms with Crippen molar-refractivity contribution < 1.29 is 9.18 Å². The van der Waals surface area contributed by atoms with Gasteiger partial charge >= 0.3 is 0 Å². The maximum atomic E-state index is 15.0. The summed E-state index contributed by atoms with van der Waals surface area (Å²) in [7, 11) is 3.84. The smallest absolute Gasteiger partial charge is 0.219 e. The number of amides is 1. The molecule has 2 atom stereocenters. The normalized spacial score (nSPS) is 18.5. The summed E-state index contributed by atoms with van der Waals surface area (Å²) in [5.74, 6) is 0.590. The monoisotopic (exact) mass is 550 g/mol. The van der Waals surface area contributed by atoms with Crippen LogP contribution in [0, 0.1) is 12.7 Å². The van der Waals surface area contributed by atoms with E-state index in [1.54, 1.807) is 37.5 Å². The van der Waals surface area contributed by atoms with Crippen LogP contribution in [0.5, 0.6) is 0 Å². The van der Waals surface area contributed by atoms with Gasteiger partial charge < -0.3 is 9.80 Å². The zero-order valence-electron chi connectivity index (χ0n) is 23.6. The number of hydrogen-bond acceptors (Lipinski definition) is 5. The topological polar surface area (TPSA) is 64.9 Å². The van der Waals surface area contributed by atoms with E-state index in [-0.39, 0.29) is 34.3 Å². The molecule has 3 heterocycles. The minimum atomic E-state index is -0.450. The molecule has 7 nitrogen and oxygen atoms in total. The van der Waals surface area contributed by atoms with Gasteiger partial charge in [0.05, 0.1) is 27.7 Å². The maximum Gasteiger partial charge on any atom is 0.219 e. The van der Waals surface area contributed by atoms with E-state index < -0.39 is 5.82 Å². The molecule has 1 aromatic carbocycles. The Morgan fingerprint density at radius 3 is 2.46 bits per heavy atom. The lowest BCUT2D eigenvalue weighted by atomic mass is 10.0. The van der Waals surface area contributed by atoms with Crippen LogP contribution in [0.2, 0.25) is 5.02 Å². The second kappa shape index (κ2) is 11.8. The molecule has 3 aromatic rings. The molecule has 0 saturated carbocycles. The van der Waals surface area contributed by atoms with E-state index in [4.69, 9.17) is 21.6 Å². The summed E-state index contributed by atoms with van der Waals surface area (Å²) >= 11 is 6.82. The van der Waals surface area contributed by atoms with Crippen molar-refractivity contribution in [3.05, 3.63) is 70.3 Å². The van der Waals surface area contributed by atoms with Gasteiger partial charge in [-0.3, -0.25) is 19.7 Å². The first-order valence-electron chi connectivity index (χ1n) is 13.2. The predicted molar refractivity (Wildman–Crippen MR) is 157 cm³/mol. The Labute approximate surface area is 235 Å². The first kappa shape index (κ1) is 28.6. The molecule has 1 saturated heterocycles. The fourth-order valence-electron chi connectivity index (χ4n) is 5.56. The molecule has 2 aromatic heterocycles. The third-order valence-electron chi connectivity index (χ3n) is 7.16. The van der Waals surface area contributed by atoms with Gasteiger partial charge in [0.25, 0.3) is 0 Å². The SMILES string of the molecule is C/N=C(\c1cc(Cl)c(-c2ccccc2F)nc1N(C=O)c1c(C)ccnc1C(C)C)N1C(C)CN(C)CC1C. The number of nitrogens with zero attached hydrogens (tertiary/aromatic N) is 6. The number of benzene rings is 1. The van der Waals surface area contributed by atoms with Crippen LogP contribution in [0.4, 0.5) is 15.9 Å². The molecule has 1 fully saturated rings. The van der Waals surface area contributed by atoms with Gasteiger partial charge in [0, 0.05) is 44.0 Å². The molecule has 1 aliphatic heterocycles. The van der Waals surface area contributed by atoms with Gasteiger partial charge in [-0.1, -0.05) is 37.6 Å². The number of aryl methyl sites for hydroxylation is 1. The Balaban J connectivity index is 2.03. The Hall–Kier alpha value is -3.36. The lowest BCUT2D eigenvalue weighted by Crippen LogP contribution is -2.57. The highest BCUT2D eigenvalue weighted by atomic mass is 35.5. The number of likely N-dealkylation sites (N-methyl/N-ethyl adjacent to an activating group) is 1. The summed E-state index contributed by atoms with van der Waals surface area (Å²) in [4.78, 5) is 33.2. The molecule has 1 aliphatic rings. The van der Waals surface area contributed by atoms with Crippen molar-refractivity contribution in [1.29, 1.82) is 0 Å². The summed E-state index contributed by atoms with van der Waals surface area (Å²) in [5.41, 5.74) is 3.37. The van der Waals surface area contributed by atoms with Crippen LogP contribution < -0.4 is 4.90 Å². The molecule has 0 bridgehead atoms. The average Bonchev–Trinajstić information content (AvgIpc) is 2.88. The molecule has 0 N–H and O–H groups in total. The summed E-state index contributed by atoms with van der Waals surface area (Å²) in [5, 5.41) is 0.271. The Kier molecular flexibility index (Phi) is 8.67. The van der Waals surface area contributed by atoms with E-state index in [2.05, 4.69) is 35.7 Å². The number of carbonyl (C=O) groups is 1. The molecular weight excluding hydrogens is 515 g/mol. The van der Waals surface area contributed by atoms with Crippen molar-refractivity contribution in [2.75, 3.05) is 32.1 Å². The number of carbonyl (C=O) groups excluding carboxylic acids is 1. The fraction of sp³-hybridized carbons (Fsp3) is 0.400. The minimum Gasteiger partial charge on any atom is -0.348 e. The van der Waals surface area contributed by atoms with Gasteiger partial charge in [0.1, 0.15) is 11.7 Å². The second-order valence-electron chi connectivity index (χ2n) is 10.5. The predicted octanol–water partition coefficient (Wildman–Crippen LogP) is 6.06. The molecular formula is C30H36ClFN6O. The van der Waals surface area contributed by atoms with Crippen molar-refractivity contribution in [3.8, 4) is 11.3 Å². The van der Waals surface area contributed by atoms with Crippen LogP contribution in [0.25, 0.3) is 11.3 Å². The van der Waals surface area contributed by atoms with Crippen LogP contribution in [0.3, 0.4) is 0 Å². The molecule has 0 spiro atoms. The van der Waals surface area contributed by atoms with Crippen molar-refractivity contribution >= 4 is 35.4 Å². The Morgan fingerprint density at radius 2 is 1.87 bits per heavy atom.